The van der Waals surface area contributed by atoms with Crippen LogP contribution in [0.2, 0.25) is 0 Å². The van der Waals surface area contributed by atoms with Crippen molar-refractivity contribution in [3.05, 3.63) is 59.9 Å². The number of hydrogen-bond donors (Lipinski definition) is 1. The minimum Gasteiger partial charge on any atom is -0.337 e. The van der Waals surface area contributed by atoms with E-state index in [4.69, 9.17) is 4.52 Å². The van der Waals surface area contributed by atoms with Gasteiger partial charge in [0.2, 0.25) is 11.7 Å². The van der Waals surface area contributed by atoms with E-state index in [0.29, 0.717) is 17.4 Å². The summed E-state index contributed by atoms with van der Waals surface area (Å²) in [5, 5.41) is 7.43. The summed E-state index contributed by atoms with van der Waals surface area (Å²) in [5.74, 6) is 1.09. The van der Waals surface area contributed by atoms with Gasteiger partial charge in [-0.1, -0.05) is 29.4 Å². The van der Waals surface area contributed by atoms with E-state index in [-0.39, 0.29) is 6.04 Å². The number of rotatable bonds is 2. The second-order valence-electron chi connectivity index (χ2n) is 4.96. The molecular weight excluding hydrogens is 266 g/mol. The van der Waals surface area contributed by atoms with Crippen molar-refractivity contribution < 1.29 is 4.52 Å². The molecule has 1 N–H and O–H groups in total. The van der Waals surface area contributed by atoms with E-state index in [2.05, 4.69) is 49.7 Å². The van der Waals surface area contributed by atoms with Gasteiger partial charge in [0.1, 0.15) is 12.0 Å². The largest absolute Gasteiger partial charge is 0.337 e. The van der Waals surface area contributed by atoms with Gasteiger partial charge < -0.3 is 9.84 Å². The Kier molecular flexibility index (Phi) is 2.93. The maximum atomic E-state index is 5.39. The summed E-state index contributed by atoms with van der Waals surface area (Å²) in [6.07, 6.45) is 3.98. The first-order valence-electron chi connectivity index (χ1n) is 6.80. The van der Waals surface area contributed by atoms with Crippen LogP contribution in [0.5, 0.6) is 0 Å². The lowest BCUT2D eigenvalue weighted by atomic mass is 9.96. The van der Waals surface area contributed by atoms with Crippen molar-refractivity contribution in [1.29, 1.82) is 0 Å². The highest BCUT2D eigenvalue weighted by molar-refractivity contribution is 5.46. The predicted octanol–water partition coefficient (Wildman–Crippen LogP) is 1.91. The molecule has 21 heavy (non-hydrogen) atoms. The van der Waals surface area contributed by atoms with Gasteiger partial charge >= 0.3 is 0 Å². The highest BCUT2D eigenvalue weighted by Crippen LogP contribution is 2.25. The number of hydrogen-bond acceptors (Lipinski definition) is 6. The molecule has 0 amide bonds. The Balaban J connectivity index is 1.60. The van der Waals surface area contributed by atoms with E-state index in [1.54, 1.807) is 12.3 Å². The van der Waals surface area contributed by atoms with E-state index in [1.807, 2.05) is 0 Å². The van der Waals surface area contributed by atoms with Crippen LogP contribution in [0.1, 0.15) is 23.1 Å². The molecule has 1 atom stereocenters. The van der Waals surface area contributed by atoms with Crippen LogP contribution in [0.4, 0.5) is 0 Å². The van der Waals surface area contributed by atoms with Crippen LogP contribution in [0, 0.1) is 0 Å². The molecule has 0 saturated heterocycles. The molecular formula is C15H13N5O. The molecule has 1 aliphatic rings. The zero-order valence-electron chi connectivity index (χ0n) is 11.2. The summed E-state index contributed by atoms with van der Waals surface area (Å²) in [4.78, 5) is 12.5. The van der Waals surface area contributed by atoms with Crippen molar-refractivity contribution in [2.24, 2.45) is 0 Å². The fourth-order valence-electron chi connectivity index (χ4n) is 2.53. The third kappa shape index (κ3) is 2.30. The van der Waals surface area contributed by atoms with Gasteiger partial charge in [-0.3, -0.25) is 0 Å². The number of benzene rings is 1. The van der Waals surface area contributed by atoms with Crippen LogP contribution >= 0.6 is 0 Å². The molecule has 0 fully saturated rings. The predicted molar refractivity (Wildman–Crippen MR) is 75.1 cm³/mol. The van der Waals surface area contributed by atoms with Crippen LogP contribution in [0.25, 0.3) is 11.5 Å². The van der Waals surface area contributed by atoms with Gasteiger partial charge in [0.05, 0.1) is 6.04 Å². The van der Waals surface area contributed by atoms with Crippen molar-refractivity contribution >= 4 is 0 Å². The Labute approximate surface area is 121 Å². The van der Waals surface area contributed by atoms with Gasteiger partial charge in [-0.25, -0.2) is 9.97 Å². The standard InChI is InChI=1S/C15H13N5O/c1-2-4-11-8-17-13(7-10(11)3-1)15-19-14(20-21-15)12-5-6-16-9-18-12/h1-6,9,13,17H,7-8H2/t13-/m0/s1. The Morgan fingerprint density at radius 2 is 2.05 bits per heavy atom. The second-order valence-corrected chi connectivity index (χ2v) is 4.96. The molecule has 0 spiro atoms. The molecule has 104 valence electrons. The number of nitrogens with one attached hydrogen (secondary N) is 1. The Bertz CT molecular complexity index is 756. The molecule has 3 heterocycles. The molecule has 3 aromatic rings. The highest BCUT2D eigenvalue weighted by atomic mass is 16.5. The molecule has 0 radical (unpaired) electrons. The molecule has 1 aromatic carbocycles. The fraction of sp³-hybridized carbons (Fsp3) is 0.200. The van der Waals surface area contributed by atoms with Crippen molar-refractivity contribution in [2.45, 2.75) is 19.0 Å². The average Bonchev–Trinajstić information content (AvgIpc) is 3.05. The van der Waals surface area contributed by atoms with E-state index < -0.39 is 0 Å². The maximum Gasteiger partial charge on any atom is 0.244 e. The van der Waals surface area contributed by atoms with Crippen LogP contribution in [-0.2, 0) is 13.0 Å². The monoisotopic (exact) mass is 279 g/mol. The highest BCUT2D eigenvalue weighted by Gasteiger charge is 2.24. The fourth-order valence-corrected chi connectivity index (χ4v) is 2.53. The lowest BCUT2D eigenvalue weighted by Gasteiger charge is -2.23. The van der Waals surface area contributed by atoms with Crippen LogP contribution < -0.4 is 5.32 Å². The first-order valence-corrected chi connectivity index (χ1v) is 6.80. The van der Waals surface area contributed by atoms with E-state index >= 15 is 0 Å². The van der Waals surface area contributed by atoms with Gasteiger partial charge in [-0.15, -0.1) is 0 Å². The summed E-state index contributed by atoms with van der Waals surface area (Å²) in [6.45, 7) is 0.812. The van der Waals surface area contributed by atoms with E-state index in [9.17, 15) is 0 Å². The molecule has 6 nitrogen and oxygen atoms in total. The Morgan fingerprint density at radius 1 is 1.14 bits per heavy atom. The van der Waals surface area contributed by atoms with E-state index in [0.717, 1.165) is 13.0 Å². The number of fused-ring (bicyclic) bond motifs is 1. The van der Waals surface area contributed by atoms with Crippen molar-refractivity contribution in [2.75, 3.05) is 0 Å². The first-order chi connectivity index (χ1) is 10.4. The minimum absolute atomic E-state index is 0.0444. The molecule has 0 saturated carbocycles. The van der Waals surface area contributed by atoms with Crippen LogP contribution in [0.3, 0.4) is 0 Å². The van der Waals surface area contributed by atoms with Gasteiger partial charge in [0.25, 0.3) is 0 Å². The lowest BCUT2D eigenvalue weighted by molar-refractivity contribution is 0.321. The quantitative estimate of drug-likeness (QED) is 0.772. The summed E-state index contributed by atoms with van der Waals surface area (Å²) < 4.78 is 5.39. The Morgan fingerprint density at radius 3 is 2.90 bits per heavy atom. The van der Waals surface area contributed by atoms with Crippen LogP contribution in [0.15, 0.2) is 47.4 Å². The molecule has 0 aliphatic carbocycles. The zero-order chi connectivity index (χ0) is 14.1. The first kappa shape index (κ1) is 12.2. The maximum absolute atomic E-state index is 5.39. The molecule has 2 aromatic heterocycles. The van der Waals surface area contributed by atoms with Crippen molar-refractivity contribution in [1.82, 2.24) is 25.4 Å². The minimum atomic E-state index is 0.0444. The third-order valence-corrected chi connectivity index (χ3v) is 3.63. The number of aromatic nitrogens is 4. The molecule has 0 bridgehead atoms. The molecule has 0 unspecified atom stereocenters. The lowest BCUT2D eigenvalue weighted by Crippen LogP contribution is -2.28. The molecule has 1 aliphatic heterocycles. The molecule has 4 rings (SSSR count). The summed E-state index contributed by atoms with van der Waals surface area (Å²) >= 11 is 0. The summed E-state index contributed by atoms with van der Waals surface area (Å²) in [7, 11) is 0. The van der Waals surface area contributed by atoms with Gasteiger partial charge in [-0.05, 0) is 23.6 Å². The molecule has 6 heteroatoms. The Hall–Kier alpha value is -2.60. The SMILES string of the molecule is c1ccc2c(c1)CN[C@H](c1nc(-c3ccncn3)no1)C2. The van der Waals surface area contributed by atoms with Crippen molar-refractivity contribution in [3.8, 4) is 11.5 Å². The third-order valence-electron chi connectivity index (χ3n) is 3.63. The average molecular weight is 279 g/mol. The number of nitrogens with zero attached hydrogens (tertiary/aromatic N) is 4. The summed E-state index contributed by atoms with van der Waals surface area (Å²) in [5.41, 5.74) is 3.31. The smallest absolute Gasteiger partial charge is 0.244 e. The second kappa shape index (κ2) is 5.06. The normalized spacial score (nSPS) is 17.4. The zero-order valence-corrected chi connectivity index (χ0v) is 11.2. The van der Waals surface area contributed by atoms with Gasteiger partial charge in [0, 0.05) is 12.7 Å². The summed E-state index contributed by atoms with van der Waals surface area (Å²) in [6, 6.07) is 10.2. The topological polar surface area (TPSA) is 76.7 Å². The van der Waals surface area contributed by atoms with E-state index in [1.165, 1.54) is 17.5 Å². The van der Waals surface area contributed by atoms with Crippen molar-refractivity contribution in [3.63, 3.8) is 0 Å². The van der Waals surface area contributed by atoms with Gasteiger partial charge in [-0.2, -0.15) is 4.98 Å². The van der Waals surface area contributed by atoms with Gasteiger partial charge in [0.15, 0.2) is 0 Å². The van der Waals surface area contributed by atoms with Crippen LogP contribution in [-0.4, -0.2) is 20.1 Å².